The molecule has 102 valence electrons. The Balaban J connectivity index is 2.07. The first kappa shape index (κ1) is 14.0. The molecular formula is C12H13FN2O2S2. The van der Waals surface area contributed by atoms with Gasteiger partial charge in [-0.1, -0.05) is 0 Å². The second-order valence-corrected chi connectivity index (χ2v) is 6.48. The molecule has 0 atom stereocenters. The highest BCUT2D eigenvalue weighted by Gasteiger charge is 2.18. The maximum atomic E-state index is 13.5. The number of benzene rings is 1. The van der Waals surface area contributed by atoms with Gasteiger partial charge in [0.1, 0.15) is 10.7 Å². The van der Waals surface area contributed by atoms with Gasteiger partial charge in [-0.25, -0.2) is 17.5 Å². The fourth-order valence-corrected chi connectivity index (χ4v) is 3.41. The minimum atomic E-state index is -3.87. The van der Waals surface area contributed by atoms with E-state index in [1.54, 1.807) is 11.3 Å². The molecule has 0 radical (unpaired) electrons. The molecule has 0 fully saturated rings. The van der Waals surface area contributed by atoms with Crippen molar-refractivity contribution >= 4 is 27.0 Å². The van der Waals surface area contributed by atoms with Crippen LogP contribution in [0.3, 0.4) is 0 Å². The standard InChI is InChI=1S/C12H13FN2O2S2/c13-11-2-1-10(14)7-12(11)19(16,17)15-5-3-9-4-6-18-8-9/h1-2,4,6-8,15H,3,5,14H2. The van der Waals surface area contributed by atoms with E-state index in [4.69, 9.17) is 5.73 Å². The maximum Gasteiger partial charge on any atom is 0.243 e. The number of nitrogens with two attached hydrogens (primary N) is 1. The van der Waals surface area contributed by atoms with Crippen molar-refractivity contribution in [3.05, 3.63) is 46.4 Å². The summed E-state index contributed by atoms with van der Waals surface area (Å²) >= 11 is 1.54. The molecule has 7 heteroatoms. The Kier molecular flexibility index (Phi) is 4.18. The summed E-state index contributed by atoms with van der Waals surface area (Å²) in [7, 11) is -3.87. The van der Waals surface area contributed by atoms with Crippen LogP contribution in [0.1, 0.15) is 5.56 Å². The average Bonchev–Trinajstić information content (AvgIpc) is 2.85. The molecule has 2 aromatic rings. The highest BCUT2D eigenvalue weighted by atomic mass is 32.2. The fourth-order valence-electron chi connectivity index (χ4n) is 1.57. The second-order valence-electron chi connectivity index (χ2n) is 3.97. The molecule has 0 aliphatic heterocycles. The van der Waals surface area contributed by atoms with Crippen molar-refractivity contribution in [3.8, 4) is 0 Å². The van der Waals surface area contributed by atoms with Gasteiger partial charge in [0.05, 0.1) is 0 Å². The molecule has 1 heterocycles. The average molecular weight is 300 g/mol. The summed E-state index contributed by atoms with van der Waals surface area (Å²) in [6.45, 7) is 0.216. The molecule has 0 saturated heterocycles. The van der Waals surface area contributed by atoms with Crippen molar-refractivity contribution in [3.63, 3.8) is 0 Å². The molecule has 0 saturated carbocycles. The van der Waals surface area contributed by atoms with Crippen molar-refractivity contribution in [1.29, 1.82) is 0 Å². The van der Waals surface area contributed by atoms with E-state index >= 15 is 0 Å². The van der Waals surface area contributed by atoms with Crippen molar-refractivity contribution in [2.75, 3.05) is 12.3 Å². The molecule has 1 aromatic heterocycles. The Morgan fingerprint density at radius 3 is 2.79 bits per heavy atom. The van der Waals surface area contributed by atoms with Gasteiger partial charge in [0, 0.05) is 12.2 Å². The summed E-state index contributed by atoms with van der Waals surface area (Å²) < 4.78 is 39.7. The van der Waals surface area contributed by atoms with E-state index in [1.165, 1.54) is 6.07 Å². The van der Waals surface area contributed by atoms with E-state index in [0.717, 1.165) is 17.7 Å². The van der Waals surface area contributed by atoms with Gasteiger partial charge < -0.3 is 5.73 Å². The summed E-state index contributed by atoms with van der Waals surface area (Å²) in [5.41, 5.74) is 6.72. The quantitative estimate of drug-likeness (QED) is 0.830. The minimum absolute atomic E-state index is 0.208. The highest BCUT2D eigenvalue weighted by molar-refractivity contribution is 7.89. The van der Waals surface area contributed by atoms with Gasteiger partial charge in [-0.15, -0.1) is 0 Å². The van der Waals surface area contributed by atoms with Crippen LogP contribution in [0.15, 0.2) is 39.9 Å². The summed E-state index contributed by atoms with van der Waals surface area (Å²) in [5.74, 6) is -0.808. The number of thiophene rings is 1. The molecule has 0 spiro atoms. The first-order valence-corrected chi connectivity index (χ1v) is 7.97. The molecule has 2 rings (SSSR count). The van der Waals surface area contributed by atoms with Crippen LogP contribution in [0.4, 0.5) is 10.1 Å². The van der Waals surface area contributed by atoms with Crippen LogP contribution in [0, 0.1) is 5.82 Å². The molecule has 0 bridgehead atoms. The number of hydrogen-bond acceptors (Lipinski definition) is 4. The van der Waals surface area contributed by atoms with E-state index in [9.17, 15) is 12.8 Å². The van der Waals surface area contributed by atoms with Gasteiger partial charge in [-0.05, 0) is 47.0 Å². The van der Waals surface area contributed by atoms with Gasteiger partial charge in [-0.2, -0.15) is 11.3 Å². The van der Waals surface area contributed by atoms with Crippen LogP contribution in [0.25, 0.3) is 0 Å². The lowest BCUT2D eigenvalue weighted by Gasteiger charge is -2.08. The van der Waals surface area contributed by atoms with Gasteiger partial charge >= 0.3 is 0 Å². The Bertz CT molecular complexity index is 654. The number of rotatable bonds is 5. The van der Waals surface area contributed by atoms with Crippen LogP contribution in [-0.2, 0) is 16.4 Å². The van der Waals surface area contributed by atoms with Crippen molar-refractivity contribution in [2.45, 2.75) is 11.3 Å². The molecule has 0 unspecified atom stereocenters. The third-order valence-corrected chi connectivity index (χ3v) is 4.74. The molecule has 0 aliphatic carbocycles. The van der Waals surface area contributed by atoms with Crippen molar-refractivity contribution in [2.24, 2.45) is 0 Å². The van der Waals surface area contributed by atoms with E-state index in [2.05, 4.69) is 4.72 Å². The summed E-state index contributed by atoms with van der Waals surface area (Å²) in [4.78, 5) is -0.419. The number of nitrogen functional groups attached to an aromatic ring is 1. The molecule has 0 aliphatic rings. The zero-order chi connectivity index (χ0) is 13.9. The first-order valence-electron chi connectivity index (χ1n) is 5.55. The Hall–Kier alpha value is -1.44. The van der Waals surface area contributed by atoms with E-state index in [-0.39, 0.29) is 12.2 Å². The number of hydrogen-bond donors (Lipinski definition) is 2. The predicted octanol–water partition coefficient (Wildman–Crippen LogP) is 1.99. The van der Waals surface area contributed by atoms with Gasteiger partial charge in [0.25, 0.3) is 0 Å². The highest BCUT2D eigenvalue weighted by Crippen LogP contribution is 2.17. The van der Waals surface area contributed by atoms with Crippen LogP contribution < -0.4 is 10.5 Å². The molecule has 4 nitrogen and oxygen atoms in total. The summed E-state index contributed by atoms with van der Waals surface area (Å²) in [6, 6.07) is 5.39. The van der Waals surface area contributed by atoms with E-state index < -0.39 is 20.7 Å². The number of nitrogens with one attached hydrogen (secondary N) is 1. The van der Waals surface area contributed by atoms with Crippen LogP contribution in [0.2, 0.25) is 0 Å². The lowest BCUT2D eigenvalue weighted by atomic mass is 10.2. The van der Waals surface area contributed by atoms with Gasteiger partial charge in [0.2, 0.25) is 10.0 Å². The Morgan fingerprint density at radius 1 is 1.32 bits per heavy atom. The lowest BCUT2D eigenvalue weighted by Crippen LogP contribution is -2.26. The molecule has 0 amide bonds. The second kappa shape index (κ2) is 5.68. The summed E-state index contributed by atoms with van der Waals surface area (Å²) in [6.07, 6.45) is 0.562. The van der Waals surface area contributed by atoms with Crippen LogP contribution in [-0.4, -0.2) is 15.0 Å². The number of anilines is 1. The van der Waals surface area contributed by atoms with Crippen LogP contribution >= 0.6 is 11.3 Å². The Morgan fingerprint density at radius 2 is 2.11 bits per heavy atom. The fraction of sp³-hybridized carbons (Fsp3) is 0.167. The van der Waals surface area contributed by atoms with Crippen LogP contribution in [0.5, 0.6) is 0 Å². The van der Waals surface area contributed by atoms with Gasteiger partial charge in [-0.3, -0.25) is 0 Å². The van der Waals surface area contributed by atoms with Gasteiger partial charge in [0.15, 0.2) is 0 Å². The zero-order valence-corrected chi connectivity index (χ0v) is 11.6. The SMILES string of the molecule is Nc1ccc(F)c(S(=O)(=O)NCCc2ccsc2)c1. The number of sulfonamides is 1. The molecule has 19 heavy (non-hydrogen) atoms. The number of halogens is 1. The third kappa shape index (κ3) is 3.52. The predicted molar refractivity (Wildman–Crippen MR) is 74.0 cm³/mol. The molecular weight excluding hydrogens is 287 g/mol. The normalized spacial score (nSPS) is 11.6. The monoisotopic (exact) mass is 300 g/mol. The zero-order valence-electron chi connectivity index (χ0n) is 9.97. The van der Waals surface area contributed by atoms with E-state index in [0.29, 0.717) is 6.42 Å². The smallest absolute Gasteiger partial charge is 0.243 e. The lowest BCUT2D eigenvalue weighted by molar-refractivity contribution is 0.557. The topological polar surface area (TPSA) is 72.2 Å². The minimum Gasteiger partial charge on any atom is -0.399 e. The first-order chi connectivity index (χ1) is 8.99. The molecule has 1 aromatic carbocycles. The Labute approximate surface area is 115 Å². The largest absolute Gasteiger partial charge is 0.399 e. The van der Waals surface area contributed by atoms with Crippen molar-refractivity contribution in [1.82, 2.24) is 4.72 Å². The summed E-state index contributed by atoms with van der Waals surface area (Å²) in [5, 5.41) is 3.86. The maximum absolute atomic E-state index is 13.5. The van der Waals surface area contributed by atoms with E-state index in [1.807, 2.05) is 16.8 Å². The van der Waals surface area contributed by atoms with Crippen molar-refractivity contribution < 1.29 is 12.8 Å². The molecule has 3 N–H and O–H groups in total. The third-order valence-electron chi connectivity index (χ3n) is 2.53.